The number of carboxylic acid groups (broad SMARTS) is 1. The highest BCUT2D eigenvalue weighted by molar-refractivity contribution is 7.90. The summed E-state index contributed by atoms with van der Waals surface area (Å²) in [6.07, 6.45) is 3.21. The van der Waals surface area contributed by atoms with E-state index in [0.717, 1.165) is 46.5 Å². The third-order valence-electron chi connectivity index (χ3n) is 6.92. The number of nitrogens with one attached hydrogen (secondary N) is 1. The van der Waals surface area contributed by atoms with Gasteiger partial charge in [-0.25, -0.2) is 8.42 Å². The van der Waals surface area contributed by atoms with Crippen molar-refractivity contribution >= 4 is 21.5 Å². The molecule has 3 aromatic carbocycles. The van der Waals surface area contributed by atoms with Crippen LogP contribution in [0.15, 0.2) is 60.7 Å². The van der Waals surface area contributed by atoms with Gasteiger partial charge in [-0.3, -0.25) is 4.79 Å². The molecule has 37 heavy (non-hydrogen) atoms. The van der Waals surface area contributed by atoms with Gasteiger partial charge < -0.3 is 19.9 Å². The lowest BCUT2D eigenvalue weighted by Gasteiger charge is -2.14. The van der Waals surface area contributed by atoms with Gasteiger partial charge in [-0.15, -0.1) is 0 Å². The van der Waals surface area contributed by atoms with Crippen LogP contribution in [0.5, 0.6) is 11.5 Å². The van der Waals surface area contributed by atoms with Gasteiger partial charge in [0.25, 0.3) is 0 Å². The molecule has 194 valence electrons. The van der Waals surface area contributed by atoms with Crippen LogP contribution in [0.2, 0.25) is 0 Å². The van der Waals surface area contributed by atoms with Crippen LogP contribution in [-0.2, 0) is 27.6 Å². The molecule has 0 amide bonds. The molecule has 2 atom stereocenters. The van der Waals surface area contributed by atoms with Crippen molar-refractivity contribution in [3.63, 3.8) is 0 Å². The number of ether oxygens (including phenoxy) is 2. The topological polar surface area (TPSA) is 102 Å². The van der Waals surface area contributed by atoms with Crippen molar-refractivity contribution in [2.24, 2.45) is 5.92 Å². The van der Waals surface area contributed by atoms with Crippen LogP contribution in [0, 0.1) is 5.92 Å². The number of fused-ring (bicyclic) bond motifs is 3. The lowest BCUT2D eigenvalue weighted by atomic mass is 9.95. The summed E-state index contributed by atoms with van der Waals surface area (Å²) in [7, 11) is -3.00. The Balaban J connectivity index is 1.25. The zero-order valence-corrected chi connectivity index (χ0v) is 21.6. The molecule has 2 aliphatic rings. The number of hydrogen-bond donors (Lipinski definition) is 2. The Morgan fingerprint density at radius 3 is 2.62 bits per heavy atom. The number of rotatable bonds is 10. The highest BCUT2D eigenvalue weighted by Gasteiger charge is 2.44. The summed E-state index contributed by atoms with van der Waals surface area (Å²) in [5.74, 6) is 0.715. The smallest absolute Gasteiger partial charge is 0.307 e. The second kappa shape index (κ2) is 10.5. The predicted octanol–water partition coefficient (Wildman–Crippen LogP) is 4.90. The Labute approximate surface area is 217 Å². The molecule has 1 aliphatic heterocycles. The van der Waals surface area contributed by atoms with E-state index in [-0.39, 0.29) is 17.6 Å². The van der Waals surface area contributed by atoms with Crippen molar-refractivity contribution in [3.05, 3.63) is 77.4 Å². The van der Waals surface area contributed by atoms with Gasteiger partial charge in [0.15, 0.2) is 0 Å². The molecule has 1 fully saturated rings. The van der Waals surface area contributed by atoms with Crippen LogP contribution >= 0.6 is 0 Å². The lowest BCUT2D eigenvalue weighted by molar-refractivity contribution is -0.138. The molecule has 0 spiro atoms. The predicted molar refractivity (Wildman–Crippen MR) is 143 cm³/mol. The minimum Gasteiger partial charge on any atom is -0.493 e. The maximum absolute atomic E-state index is 11.3. The highest BCUT2D eigenvalue weighted by Crippen LogP contribution is 2.47. The van der Waals surface area contributed by atoms with Gasteiger partial charge in [-0.1, -0.05) is 24.3 Å². The number of sulfone groups is 1. The van der Waals surface area contributed by atoms with E-state index in [4.69, 9.17) is 14.6 Å². The number of carboxylic acids is 1. The summed E-state index contributed by atoms with van der Waals surface area (Å²) < 4.78 is 34.4. The molecule has 0 saturated heterocycles. The largest absolute Gasteiger partial charge is 0.493 e. The van der Waals surface area contributed by atoms with E-state index in [0.29, 0.717) is 31.9 Å². The number of benzene rings is 3. The second-order valence-corrected chi connectivity index (χ2v) is 12.1. The highest BCUT2D eigenvalue weighted by atomic mass is 32.2. The van der Waals surface area contributed by atoms with Crippen molar-refractivity contribution < 1.29 is 27.8 Å². The second-order valence-electron chi connectivity index (χ2n) is 9.84. The van der Waals surface area contributed by atoms with Crippen LogP contribution in [0.3, 0.4) is 0 Å². The van der Waals surface area contributed by atoms with Crippen molar-refractivity contribution in [1.29, 1.82) is 0 Å². The molecule has 1 aliphatic carbocycles. The van der Waals surface area contributed by atoms with E-state index in [1.165, 1.54) is 11.8 Å². The Kier molecular flexibility index (Phi) is 7.11. The summed E-state index contributed by atoms with van der Waals surface area (Å²) in [5, 5.41) is 12.6. The van der Waals surface area contributed by atoms with Crippen molar-refractivity contribution in [2.75, 3.05) is 30.5 Å². The third-order valence-corrected chi connectivity index (χ3v) is 7.95. The summed E-state index contributed by atoms with van der Waals surface area (Å²) in [6.45, 7) is 1.57. The van der Waals surface area contributed by atoms with Crippen molar-refractivity contribution in [2.45, 2.75) is 31.7 Å². The van der Waals surface area contributed by atoms with Crippen LogP contribution < -0.4 is 14.8 Å². The quantitative estimate of drug-likeness (QED) is 0.366. The lowest BCUT2D eigenvalue weighted by Crippen LogP contribution is -2.08. The number of anilines is 1. The van der Waals surface area contributed by atoms with E-state index in [1.807, 2.05) is 42.5 Å². The van der Waals surface area contributed by atoms with Gasteiger partial charge in [0.2, 0.25) is 0 Å². The first-order valence-corrected chi connectivity index (χ1v) is 14.6. The SMILES string of the molecule is CS(=O)(=O)CCCOc1ccc2c(c1)OCCc1ccc(CNc3ccc([C@H]4C[C@@H]4C(=O)O)cc3)cc1-2. The normalized spacial score (nSPS) is 18.1. The van der Waals surface area contributed by atoms with E-state index in [9.17, 15) is 13.2 Å². The first-order valence-electron chi connectivity index (χ1n) is 12.5. The van der Waals surface area contributed by atoms with Gasteiger partial charge >= 0.3 is 5.97 Å². The van der Waals surface area contributed by atoms with E-state index < -0.39 is 15.8 Å². The van der Waals surface area contributed by atoms with Gasteiger partial charge in [-0.2, -0.15) is 0 Å². The fourth-order valence-electron chi connectivity index (χ4n) is 4.81. The van der Waals surface area contributed by atoms with Gasteiger partial charge in [0, 0.05) is 36.5 Å². The molecule has 1 heterocycles. The van der Waals surface area contributed by atoms with Gasteiger partial charge in [0.1, 0.15) is 21.3 Å². The Morgan fingerprint density at radius 1 is 1.08 bits per heavy atom. The van der Waals surface area contributed by atoms with Gasteiger partial charge in [0.05, 0.1) is 24.9 Å². The molecule has 0 aromatic heterocycles. The van der Waals surface area contributed by atoms with Crippen LogP contribution in [0.25, 0.3) is 11.1 Å². The maximum Gasteiger partial charge on any atom is 0.307 e. The molecular weight excluding hydrogens is 490 g/mol. The molecule has 0 unspecified atom stereocenters. The van der Waals surface area contributed by atoms with Crippen molar-refractivity contribution in [1.82, 2.24) is 0 Å². The summed E-state index contributed by atoms with van der Waals surface area (Å²) in [5.41, 5.74) is 6.60. The van der Waals surface area contributed by atoms with Crippen LogP contribution in [0.4, 0.5) is 5.69 Å². The van der Waals surface area contributed by atoms with Crippen LogP contribution in [-0.4, -0.2) is 44.7 Å². The number of hydrogen-bond acceptors (Lipinski definition) is 6. The Morgan fingerprint density at radius 2 is 1.89 bits per heavy atom. The van der Waals surface area contributed by atoms with Gasteiger partial charge in [-0.05, 0) is 71.3 Å². The molecule has 0 radical (unpaired) electrons. The van der Waals surface area contributed by atoms with E-state index in [2.05, 4.69) is 23.5 Å². The standard InChI is InChI=1S/C29H31NO6S/c1-37(33,34)14-2-12-35-23-9-10-24-25-15-19(3-4-21(25)11-13-36-28(24)16-23)18-30-22-7-5-20(6-8-22)26-17-27(26)29(31)32/h3-10,15-16,26-27,30H,2,11-14,17-18H2,1H3,(H,31,32)/t26-,27+/m1/s1. The molecule has 2 N–H and O–H groups in total. The number of aliphatic carboxylic acids is 1. The van der Waals surface area contributed by atoms with E-state index in [1.54, 1.807) is 0 Å². The fraction of sp³-hybridized carbons (Fsp3) is 0.345. The minimum atomic E-state index is -3.00. The Bertz CT molecular complexity index is 1400. The first kappa shape index (κ1) is 25.1. The van der Waals surface area contributed by atoms with Crippen molar-refractivity contribution in [3.8, 4) is 22.6 Å². The van der Waals surface area contributed by atoms with E-state index >= 15 is 0 Å². The zero-order valence-electron chi connectivity index (χ0n) is 20.8. The van der Waals surface area contributed by atoms with Crippen LogP contribution in [0.1, 0.15) is 35.4 Å². The summed E-state index contributed by atoms with van der Waals surface area (Å²) in [6, 6.07) is 20.3. The molecule has 1 saturated carbocycles. The summed E-state index contributed by atoms with van der Waals surface area (Å²) >= 11 is 0. The molecule has 3 aromatic rings. The average Bonchev–Trinajstić information content (AvgIpc) is 3.69. The Hall–Kier alpha value is -3.52. The maximum atomic E-state index is 11.3. The summed E-state index contributed by atoms with van der Waals surface area (Å²) in [4.78, 5) is 11.1. The molecule has 8 heteroatoms. The molecular formula is C29H31NO6S. The first-order chi connectivity index (χ1) is 17.8. The average molecular weight is 522 g/mol. The minimum absolute atomic E-state index is 0.106. The molecule has 7 nitrogen and oxygen atoms in total. The fourth-order valence-corrected chi connectivity index (χ4v) is 5.45. The zero-order chi connectivity index (χ0) is 26.0. The third kappa shape index (κ3) is 6.25. The number of carbonyl (C=O) groups is 1. The molecule has 0 bridgehead atoms. The monoisotopic (exact) mass is 521 g/mol. The molecule has 5 rings (SSSR count).